The van der Waals surface area contributed by atoms with Crippen molar-refractivity contribution in [1.29, 1.82) is 0 Å². The SMILES string of the molecule is CNCC1CCc2c(OC)ccc(OC)c21. The second-order valence-electron chi connectivity index (χ2n) is 4.16. The predicted octanol–water partition coefficient (Wildman–Crippen LogP) is 1.95. The molecule has 0 aliphatic heterocycles. The molecule has 1 N–H and O–H groups in total. The Morgan fingerprint density at radius 2 is 1.94 bits per heavy atom. The van der Waals surface area contributed by atoms with Crippen LogP contribution in [-0.4, -0.2) is 27.8 Å². The highest BCUT2D eigenvalue weighted by molar-refractivity contribution is 5.53. The highest BCUT2D eigenvalue weighted by Crippen LogP contribution is 2.43. The first-order valence-electron chi connectivity index (χ1n) is 5.70. The fourth-order valence-corrected chi connectivity index (χ4v) is 2.61. The number of fused-ring (bicyclic) bond motifs is 1. The van der Waals surface area contributed by atoms with Crippen molar-refractivity contribution in [3.8, 4) is 11.5 Å². The van der Waals surface area contributed by atoms with Crippen molar-refractivity contribution in [3.05, 3.63) is 23.3 Å². The zero-order valence-corrected chi connectivity index (χ0v) is 10.2. The third-order valence-corrected chi connectivity index (χ3v) is 3.32. The fourth-order valence-electron chi connectivity index (χ4n) is 2.61. The molecular formula is C13H19NO2. The van der Waals surface area contributed by atoms with Gasteiger partial charge in [-0.3, -0.25) is 0 Å². The van der Waals surface area contributed by atoms with Crippen molar-refractivity contribution >= 4 is 0 Å². The van der Waals surface area contributed by atoms with Gasteiger partial charge in [0.1, 0.15) is 11.5 Å². The van der Waals surface area contributed by atoms with Gasteiger partial charge in [0.15, 0.2) is 0 Å². The van der Waals surface area contributed by atoms with E-state index in [0.29, 0.717) is 5.92 Å². The molecule has 0 radical (unpaired) electrons. The van der Waals surface area contributed by atoms with Crippen LogP contribution in [-0.2, 0) is 6.42 Å². The Labute approximate surface area is 96.8 Å². The smallest absolute Gasteiger partial charge is 0.122 e. The summed E-state index contributed by atoms with van der Waals surface area (Å²) in [7, 11) is 5.45. The molecule has 1 aromatic rings. The predicted molar refractivity (Wildman–Crippen MR) is 64.5 cm³/mol. The van der Waals surface area contributed by atoms with E-state index in [0.717, 1.165) is 24.5 Å². The van der Waals surface area contributed by atoms with Gasteiger partial charge in [0, 0.05) is 23.6 Å². The number of nitrogens with one attached hydrogen (secondary N) is 1. The van der Waals surface area contributed by atoms with Crippen LogP contribution in [0, 0.1) is 0 Å². The van der Waals surface area contributed by atoms with E-state index in [1.54, 1.807) is 14.2 Å². The summed E-state index contributed by atoms with van der Waals surface area (Å²) in [6.07, 6.45) is 2.26. The third kappa shape index (κ3) is 1.76. The minimum atomic E-state index is 0.546. The molecule has 0 spiro atoms. The highest BCUT2D eigenvalue weighted by atomic mass is 16.5. The van der Waals surface area contributed by atoms with E-state index in [1.807, 2.05) is 19.2 Å². The van der Waals surface area contributed by atoms with Crippen LogP contribution in [0.25, 0.3) is 0 Å². The molecule has 2 rings (SSSR count). The third-order valence-electron chi connectivity index (χ3n) is 3.32. The first kappa shape index (κ1) is 11.3. The minimum Gasteiger partial charge on any atom is -0.496 e. The van der Waals surface area contributed by atoms with Crippen LogP contribution in [0.5, 0.6) is 11.5 Å². The van der Waals surface area contributed by atoms with Crippen molar-refractivity contribution in [3.63, 3.8) is 0 Å². The molecule has 0 saturated carbocycles. The molecule has 88 valence electrons. The van der Waals surface area contributed by atoms with Gasteiger partial charge in [-0.05, 0) is 32.0 Å². The van der Waals surface area contributed by atoms with E-state index in [-0.39, 0.29) is 0 Å². The van der Waals surface area contributed by atoms with E-state index < -0.39 is 0 Å². The average molecular weight is 221 g/mol. The molecule has 0 amide bonds. The summed E-state index contributed by atoms with van der Waals surface area (Å²) in [6.45, 7) is 0.997. The van der Waals surface area contributed by atoms with Crippen LogP contribution in [0.1, 0.15) is 23.5 Å². The van der Waals surface area contributed by atoms with Gasteiger partial charge in [-0.1, -0.05) is 0 Å². The van der Waals surface area contributed by atoms with Crippen molar-refractivity contribution < 1.29 is 9.47 Å². The van der Waals surface area contributed by atoms with E-state index >= 15 is 0 Å². The Morgan fingerprint density at radius 3 is 2.56 bits per heavy atom. The minimum absolute atomic E-state index is 0.546. The maximum absolute atomic E-state index is 5.45. The number of ether oxygens (including phenoxy) is 2. The highest BCUT2D eigenvalue weighted by Gasteiger charge is 2.28. The van der Waals surface area contributed by atoms with Crippen LogP contribution in [0.3, 0.4) is 0 Å². The van der Waals surface area contributed by atoms with Gasteiger partial charge in [0.2, 0.25) is 0 Å². The molecule has 0 heterocycles. The first-order chi connectivity index (χ1) is 7.81. The average Bonchev–Trinajstić information content (AvgIpc) is 2.73. The zero-order chi connectivity index (χ0) is 11.5. The first-order valence-corrected chi connectivity index (χ1v) is 5.70. The Morgan fingerprint density at radius 1 is 1.25 bits per heavy atom. The van der Waals surface area contributed by atoms with E-state index in [4.69, 9.17) is 9.47 Å². The summed E-state index contributed by atoms with van der Waals surface area (Å²) in [5.41, 5.74) is 2.65. The lowest BCUT2D eigenvalue weighted by Gasteiger charge is -2.16. The lowest BCUT2D eigenvalue weighted by atomic mass is 10.00. The number of hydrogen-bond acceptors (Lipinski definition) is 3. The number of hydrogen-bond donors (Lipinski definition) is 1. The molecule has 16 heavy (non-hydrogen) atoms. The number of methoxy groups -OCH3 is 2. The quantitative estimate of drug-likeness (QED) is 0.843. The molecule has 1 unspecified atom stereocenters. The van der Waals surface area contributed by atoms with Gasteiger partial charge in [0.05, 0.1) is 14.2 Å². The molecule has 1 aromatic carbocycles. The normalized spacial score (nSPS) is 18.3. The summed E-state index contributed by atoms with van der Waals surface area (Å²) in [4.78, 5) is 0. The van der Waals surface area contributed by atoms with Crippen LogP contribution in [0.15, 0.2) is 12.1 Å². The second kappa shape index (κ2) is 4.74. The van der Waals surface area contributed by atoms with Crippen molar-refractivity contribution in [1.82, 2.24) is 5.32 Å². The Kier molecular flexibility index (Phi) is 3.34. The standard InChI is InChI=1S/C13H19NO2/c1-14-8-9-4-5-10-11(15-2)6-7-12(16-3)13(9)10/h6-7,9,14H,4-5,8H2,1-3H3. The zero-order valence-electron chi connectivity index (χ0n) is 10.2. The van der Waals surface area contributed by atoms with E-state index in [2.05, 4.69) is 5.32 Å². The molecule has 1 aliphatic rings. The lowest BCUT2D eigenvalue weighted by Crippen LogP contribution is -2.15. The Balaban J connectivity index is 2.44. The largest absolute Gasteiger partial charge is 0.496 e. The summed E-state index contributed by atoms with van der Waals surface area (Å²) < 4.78 is 10.9. The molecule has 0 saturated heterocycles. The maximum Gasteiger partial charge on any atom is 0.122 e. The monoisotopic (exact) mass is 221 g/mol. The molecule has 3 heteroatoms. The molecule has 3 nitrogen and oxygen atoms in total. The van der Waals surface area contributed by atoms with Gasteiger partial charge in [-0.25, -0.2) is 0 Å². The van der Waals surface area contributed by atoms with E-state index in [9.17, 15) is 0 Å². The summed E-state index contributed by atoms with van der Waals surface area (Å²) in [6, 6.07) is 4.01. The number of benzene rings is 1. The topological polar surface area (TPSA) is 30.5 Å². The van der Waals surface area contributed by atoms with Crippen molar-refractivity contribution in [2.75, 3.05) is 27.8 Å². The maximum atomic E-state index is 5.45. The molecule has 0 aromatic heterocycles. The van der Waals surface area contributed by atoms with Gasteiger partial charge in [0.25, 0.3) is 0 Å². The summed E-state index contributed by atoms with van der Waals surface area (Å²) >= 11 is 0. The fraction of sp³-hybridized carbons (Fsp3) is 0.538. The van der Waals surface area contributed by atoms with Crippen LogP contribution >= 0.6 is 0 Å². The molecular weight excluding hydrogens is 202 g/mol. The van der Waals surface area contributed by atoms with Gasteiger partial charge >= 0.3 is 0 Å². The second-order valence-corrected chi connectivity index (χ2v) is 4.16. The summed E-state index contributed by atoms with van der Waals surface area (Å²) in [5, 5.41) is 3.24. The van der Waals surface area contributed by atoms with Crippen molar-refractivity contribution in [2.45, 2.75) is 18.8 Å². The molecule has 0 fully saturated rings. The molecule has 1 atom stereocenters. The van der Waals surface area contributed by atoms with Gasteiger partial charge in [-0.15, -0.1) is 0 Å². The van der Waals surface area contributed by atoms with Crippen molar-refractivity contribution in [2.24, 2.45) is 0 Å². The van der Waals surface area contributed by atoms with Crippen LogP contribution in [0.2, 0.25) is 0 Å². The number of likely N-dealkylation sites (N-methyl/N-ethyl adjacent to an activating group) is 1. The number of rotatable bonds is 4. The van der Waals surface area contributed by atoms with Gasteiger partial charge in [-0.2, -0.15) is 0 Å². The Bertz CT molecular complexity index is 376. The Hall–Kier alpha value is -1.22. The van der Waals surface area contributed by atoms with E-state index in [1.165, 1.54) is 17.5 Å². The molecule has 0 bridgehead atoms. The molecule has 1 aliphatic carbocycles. The van der Waals surface area contributed by atoms with Gasteiger partial charge < -0.3 is 14.8 Å². The van der Waals surface area contributed by atoms with Crippen LogP contribution in [0.4, 0.5) is 0 Å². The summed E-state index contributed by atoms with van der Waals surface area (Å²) in [5.74, 6) is 2.54. The van der Waals surface area contributed by atoms with Crippen LogP contribution < -0.4 is 14.8 Å². The lowest BCUT2D eigenvalue weighted by molar-refractivity contribution is 0.395.